The van der Waals surface area contributed by atoms with Gasteiger partial charge in [-0.15, -0.1) is 0 Å². The molecule has 0 amide bonds. The Morgan fingerprint density at radius 1 is 1.00 bits per heavy atom. The largest absolute Gasteiger partial charge is 0.486 e. The molecule has 1 aliphatic carbocycles. The molecule has 1 saturated heterocycles. The van der Waals surface area contributed by atoms with Gasteiger partial charge in [-0.2, -0.15) is 0 Å². The fraction of sp³-hybridized carbons (Fsp3) is 0.542. The van der Waals surface area contributed by atoms with Gasteiger partial charge in [-0.05, 0) is 48.6 Å². The van der Waals surface area contributed by atoms with Gasteiger partial charge in [0.15, 0.2) is 0 Å². The van der Waals surface area contributed by atoms with Crippen molar-refractivity contribution < 1.29 is 17.6 Å². The number of hydrogen-bond donors (Lipinski definition) is 0. The topological polar surface area (TPSA) is 80.1 Å². The van der Waals surface area contributed by atoms with Crippen molar-refractivity contribution in [2.75, 3.05) is 25.4 Å². The first-order chi connectivity index (χ1) is 15.5. The second-order valence-electron chi connectivity index (χ2n) is 9.36. The predicted octanol–water partition coefficient (Wildman–Crippen LogP) is 2.99. The minimum absolute atomic E-state index is 0.174. The van der Waals surface area contributed by atoms with E-state index in [0.29, 0.717) is 43.7 Å². The highest BCUT2D eigenvalue weighted by molar-refractivity contribution is 7.89. The maximum absolute atomic E-state index is 12.5. The molecule has 1 saturated carbocycles. The van der Waals surface area contributed by atoms with Crippen LogP contribution in [-0.2, 0) is 29.7 Å². The lowest BCUT2D eigenvalue weighted by atomic mass is 9.99. The highest BCUT2D eigenvalue weighted by Crippen LogP contribution is 2.32. The Labute approximate surface area is 189 Å². The van der Waals surface area contributed by atoms with Crippen molar-refractivity contribution in [3.8, 4) is 5.75 Å². The number of nitrogens with zero attached hydrogens (tertiary/aromatic N) is 2. The van der Waals surface area contributed by atoms with Crippen LogP contribution in [0, 0.1) is 11.8 Å². The minimum Gasteiger partial charge on any atom is -0.486 e. The summed E-state index contributed by atoms with van der Waals surface area (Å²) in [6.45, 7) is 3.77. The van der Waals surface area contributed by atoms with Crippen molar-refractivity contribution in [3.05, 3.63) is 63.7 Å². The van der Waals surface area contributed by atoms with E-state index in [1.165, 1.54) is 23.5 Å². The third-order valence-electron chi connectivity index (χ3n) is 6.72. The predicted molar refractivity (Wildman–Crippen MR) is 121 cm³/mol. The average Bonchev–Trinajstić information content (AvgIpc) is 3.48. The Hall–Kier alpha value is -2.16. The van der Waals surface area contributed by atoms with Crippen molar-refractivity contribution in [3.63, 3.8) is 0 Å². The molecule has 0 N–H and O–H groups in total. The smallest absolute Gasteiger partial charge is 0.227 e. The normalized spacial score (nSPS) is 20.4. The van der Waals surface area contributed by atoms with Gasteiger partial charge in [0.2, 0.25) is 21.2 Å². The van der Waals surface area contributed by atoms with E-state index in [1.807, 2.05) is 12.1 Å². The number of hydrogen-bond acceptors (Lipinski definition) is 6. The quantitative estimate of drug-likeness (QED) is 0.605. The molecule has 0 atom stereocenters. The summed E-state index contributed by atoms with van der Waals surface area (Å²) in [6, 6.07) is 9.88. The molecule has 0 unspecified atom stereocenters. The molecular formula is C24H30N2O5S. The SMILES string of the molecule is O=c1cc(CN2Cc3ccccc3C2)occ1OCC1CCN(S(=O)(=O)CC2CC2)CC1. The minimum atomic E-state index is -3.13. The van der Waals surface area contributed by atoms with Crippen LogP contribution in [0.3, 0.4) is 0 Å². The van der Waals surface area contributed by atoms with Crippen LogP contribution in [0.2, 0.25) is 0 Å². The third kappa shape index (κ3) is 5.08. The van der Waals surface area contributed by atoms with Gasteiger partial charge in [-0.3, -0.25) is 9.69 Å². The highest BCUT2D eigenvalue weighted by atomic mass is 32.2. The summed E-state index contributed by atoms with van der Waals surface area (Å²) < 4.78 is 37.9. The van der Waals surface area contributed by atoms with E-state index in [-0.39, 0.29) is 17.1 Å². The van der Waals surface area contributed by atoms with Gasteiger partial charge in [0.25, 0.3) is 0 Å². The summed E-state index contributed by atoms with van der Waals surface area (Å²) in [5.41, 5.74) is 2.47. The van der Waals surface area contributed by atoms with Gasteiger partial charge in [-0.1, -0.05) is 24.3 Å². The van der Waals surface area contributed by atoms with E-state index >= 15 is 0 Å². The molecule has 0 spiro atoms. The number of fused-ring (bicyclic) bond motifs is 1. The molecule has 32 heavy (non-hydrogen) atoms. The maximum atomic E-state index is 12.5. The zero-order chi connectivity index (χ0) is 22.1. The van der Waals surface area contributed by atoms with Gasteiger partial charge >= 0.3 is 0 Å². The zero-order valence-electron chi connectivity index (χ0n) is 18.2. The molecule has 3 heterocycles. The Morgan fingerprint density at radius 2 is 1.69 bits per heavy atom. The number of sulfonamides is 1. The molecule has 0 radical (unpaired) electrons. The summed E-state index contributed by atoms with van der Waals surface area (Å²) in [5, 5.41) is 0. The summed E-state index contributed by atoms with van der Waals surface area (Å²) in [6.07, 6.45) is 4.99. The molecule has 1 aromatic carbocycles. The summed E-state index contributed by atoms with van der Waals surface area (Å²) >= 11 is 0. The molecule has 5 rings (SSSR count). The first kappa shape index (κ1) is 21.7. The maximum Gasteiger partial charge on any atom is 0.227 e. The van der Waals surface area contributed by atoms with Crippen molar-refractivity contribution in [1.29, 1.82) is 0 Å². The van der Waals surface area contributed by atoms with E-state index in [1.54, 1.807) is 4.31 Å². The standard InChI is InChI=1S/C24H30N2O5S/c27-23-11-22(14-25-12-20-3-1-2-4-21(20)13-25)30-16-24(23)31-15-18-7-9-26(10-8-18)32(28,29)17-19-5-6-19/h1-4,11,16,18-19H,5-10,12-15,17H2. The zero-order valence-corrected chi connectivity index (χ0v) is 19.1. The van der Waals surface area contributed by atoms with E-state index in [2.05, 4.69) is 17.0 Å². The van der Waals surface area contributed by atoms with Crippen LogP contribution >= 0.6 is 0 Å². The number of benzene rings is 1. The van der Waals surface area contributed by atoms with Crippen molar-refractivity contribution in [2.24, 2.45) is 11.8 Å². The summed E-state index contributed by atoms with van der Waals surface area (Å²) in [7, 11) is -3.13. The van der Waals surface area contributed by atoms with Gasteiger partial charge < -0.3 is 9.15 Å². The first-order valence-electron chi connectivity index (χ1n) is 11.5. The second kappa shape index (κ2) is 9.00. The van der Waals surface area contributed by atoms with Crippen LogP contribution in [0.1, 0.15) is 42.6 Å². The molecule has 2 aromatic rings. The van der Waals surface area contributed by atoms with Crippen molar-refractivity contribution in [1.82, 2.24) is 9.21 Å². The molecule has 172 valence electrons. The fourth-order valence-corrected chi connectivity index (χ4v) is 6.52. The molecule has 3 aliphatic rings. The fourth-order valence-electron chi connectivity index (χ4n) is 4.61. The molecule has 8 heteroatoms. The highest BCUT2D eigenvalue weighted by Gasteiger charge is 2.34. The summed E-state index contributed by atoms with van der Waals surface area (Å²) in [4.78, 5) is 14.8. The first-order valence-corrected chi connectivity index (χ1v) is 13.1. The number of ether oxygens (including phenoxy) is 1. The van der Waals surface area contributed by atoms with E-state index < -0.39 is 10.0 Å². The molecular weight excluding hydrogens is 428 g/mol. The summed E-state index contributed by atoms with van der Waals surface area (Å²) in [5.74, 6) is 1.76. The second-order valence-corrected chi connectivity index (χ2v) is 11.4. The van der Waals surface area contributed by atoms with Crippen LogP contribution < -0.4 is 10.2 Å². The van der Waals surface area contributed by atoms with Gasteiger partial charge in [-0.25, -0.2) is 12.7 Å². The Morgan fingerprint density at radius 3 is 2.31 bits per heavy atom. The molecule has 0 bridgehead atoms. The van der Waals surface area contributed by atoms with Crippen molar-refractivity contribution >= 4 is 10.0 Å². The van der Waals surface area contributed by atoms with Gasteiger partial charge in [0.1, 0.15) is 12.0 Å². The Kier molecular flexibility index (Phi) is 6.09. The number of rotatable bonds is 8. The lowest BCUT2D eigenvalue weighted by Crippen LogP contribution is -2.41. The Bertz CT molecular complexity index is 1090. The van der Waals surface area contributed by atoms with E-state index in [9.17, 15) is 13.2 Å². The third-order valence-corrected chi connectivity index (χ3v) is 8.77. The van der Waals surface area contributed by atoms with Gasteiger partial charge in [0, 0.05) is 32.2 Å². The monoisotopic (exact) mass is 458 g/mol. The van der Waals surface area contributed by atoms with E-state index in [4.69, 9.17) is 9.15 Å². The van der Waals surface area contributed by atoms with Crippen LogP contribution in [0.25, 0.3) is 0 Å². The molecule has 1 aromatic heterocycles. The van der Waals surface area contributed by atoms with Crippen LogP contribution in [-0.4, -0.2) is 43.1 Å². The van der Waals surface area contributed by atoms with Crippen molar-refractivity contribution in [2.45, 2.75) is 45.3 Å². The van der Waals surface area contributed by atoms with Gasteiger partial charge in [0.05, 0.1) is 18.9 Å². The van der Waals surface area contributed by atoms with Crippen LogP contribution in [0.5, 0.6) is 5.75 Å². The lowest BCUT2D eigenvalue weighted by molar-refractivity contribution is 0.180. The molecule has 7 nitrogen and oxygen atoms in total. The molecule has 2 fully saturated rings. The van der Waals surface area contributed by atoms with Crippen LogP contribution in [0.4, 0.5) is 0 Å². The lowest BCUT2D eigenvalue weighted by Gasteiger charge is -2.31. The van der Waals surface area contributed by atoms with Crippen LogP contribution in [0.15, 0.2) is 45.8 Å². The average molecular weight is 459 g/mol. The van der Waals surface area contributed by atoms with E-state index in [0.717, 1.165) is 38.8 Å². The number of piperidine rings is 1. The molecule has 2 aliphatic heterocycles. The Balaban J connectivity index is 1.10.